The summed E-state index contributed by atoms with van der Waals surface area (Å²) in [5.74, 6) is 0.377. The molecule has 3 heterocycles. The van der Waals surface area contributed by atoms with E-state index in [1.165, 1.54) is 24.3 Å². The molecule has 2 N–H and O–H groups in total. The highest BCUT2D eigenvalue weighted by Gasteiger charge is 2.47. The minimum Gasteiger partial charge on any atom is -0.454 e. The van der Waals surface area contributed by atoms with E-state index in [1.807, 2.05) is 0 Å². The van der Waals surface area contributed by atoms with Crippen molar-refractivity contribution in [1.29, 1.82) is 0 Å². The summed E-state index contributed by atoms with van der Waals surface area (Å²) in [7, 11) is 0. The van der Waals surface area contributed by atoms with Gasteiger partial charge in [-0.1, -0.05) is 29.3 Å². The minimum atomic E-state index is -4.58. The van der Waals surface area contributed by atoms with E-state index in [2.05, 4.69) is 15.7 Å². The highest BCUT2D eigenvalue weighted by atomic mass is 35.5. The van der Waals surface area contributed by atoms with E-state index in [0.29, 0.717) is 32.8 Å². The van der Waals surface area contributed by atoms with Gasteiger partial charge in [0.05, 0.1) is 6.04 Å². The molecule has 0 aliphatic carbocycles. The Morgan fingerprint density at radius 1 is 1.09 bits per heavy atom. The second-order valence-electron chi connectivity index (χ2n) is 7.57. The van der Waals surface area contributed by atoms with Crippen molar-refractivity contribution in [3.63, 3.8) is 0 Å². The molecule has 7 nitrogen and oxygen atoms in total. The van der Waals surface area contributed by atoms with Gasteiger partial charge in [0, 0.05) is 28.2 Å². The molecule has 172 valence electrons. The Hall–Kier alpha value is -3.11. The number of nitrogens with one attached hydrogen (secondary N) is 2. The molecule has 12 heteroatoms. The maximum Gasteiger partial charge on any atom is 0.410 e. The maximum atomic E-state index is 13.9. The van der Waals surface area contributed by atoms with Gasteiger partial charge in [0.2, 0.25) is 6.79 Å². The number of alkyl halides is 3. The lowest BCUT2D eigenvalue weighted by Crippen LogP contribution is -2.35. The molecular formula is C21H15Cl2F3N4O3. The van der Waals surface area contributed by atoms with Crippen molar-refractivity contribution < 1.29 is 27.4 Å². The van der Waals surface area contributed by atoms with Crippen molar-refractivity contribution in [2.45, 2.75) is 24.7 Å². The number of anilines is 2. The smallest absolute Gasteiger partial charge is 0.410 e. The first kappa shape index (κ1) is 21.7. The van der Waals surface area contributed by atoms with Crippen molar-refractivity contribution in [2.75, 3.05) is 17.4 Å². The zero-order valence-electron chi connectivity index (χ0n) is 16.6. The summed E-state index contributed by atoms with van der Waals surface area (Å²) in [6, 6.07) is 8.08. The Kier molecular flexibility index (Phi) is 5.29. The van der Waals surface area contributed by atoms with Crippen LogP contribution in [0.4, 0.5) is 24.7 Å². The van der Waals surface area contributed by atoms with Gasteiger partial charge in [-0.2, -0.15) is 18.3 Å². The molecule has 1 amide bonds. The van der Waals surface area contributed by atoms with Gasteiger partial charge in [-0.15, -0.1) is 0 Å². The number of halogens is 5. The standard InChI is InChI=1S/C21H15Cl2F3N4O3/c22-11-4-12(23)6-13(5-11)27-20(31)15-8-19-28-14(7-18(21(24,25)26)30(19)29-15)10-1-2-16-17(3-10)33-9-32-16/h1-6,8,14,18,28H,7,9H2,(H,27,31)/t14-,18-/m0/s1. The number of nitrogens with zero attached hydrogens (tertiary/aromatic N) is 2. The minimum absolute atomic E-state index is 0.0607. The monoisotopic (exact) mass is 498 g/mol. The summed E-state index contributed by atoms with van der Waals surface area (Å²) in [4.78, 5) is 12.7. The van der Waals surface area contributed by atoms with E-state index in [4.69, 9.17) is 32.7 Å². The summed E-state index contributed by atoms with van der Waals surface area (Å²) in [5, 5.41) is 10.1. The predicted octanol–water partition coefficient (Wildman–Crippen LogP) is 5.83. The third-order valence-corrected chi connectivity index (χ3v) is 5.78. The van der Waals surface area contributed by atoms with E-state index in [9.17, 15) is 18.0 Å². The van der Waals surface area contributed by atoms with Crippen molar-refractivity contribution in [3.05, 3.63) is 63.8 Å². The molecule has 2 aliphatic heterocycles. The van der Waals surface area contributed by atoms with Crippen LogP contribution >= 0.6 is 23.2 Å². The summed E-state index contributed by atoms with van der Waals surface area (Å²) >= 11 is 11.9. The number of rotatable bonds is 3. The van der Waals surface area contributed by atoms with Gasteiger partial charge >= 0.3 is 6.18 Å². The largest absolute Gasteiger partial charge is 0.454 e. The Labute approximate surface area is 195 Å². The number of carbonyl (C=O) groups excluding carboxylic acids is 1. The molecule has 0 saturated carbocycles. The highest BCUT2D eigenvalue weighted by Crippen LogP contribution is 2.45. The third kappa shape index (κ3) is 4.28. The maximum absolute atomic E-state index is 13.9. The fraction of sp³-hybridized carbons (Fsp3) is 0.238. The molecule has 2 atom stereocenters. The second kappa shape index (κ2) is 8.03. The molecule has 0 saturated heterocycles. The van der Waals surface area contributed by atoms with Gasteiger partial charge in [0.1, 0.15) is 5.82 Å². The molecule has 0 bridgehead atoms. The van der Waals surface area contributed by atoms with Gasteiger partial charge in [-0.3, -0.25) is 4.79 Å². The van der Waals surface area contributed by atoms with Gasteiger partial charge in [-0.25, -0.2) is 4.68 Å². The number of benzene rings is 2. The van der Waals surface area contributed by atoms with Crippen LogP contribution in [0.1, 0.15) is 34.6 Å². The van der Waals surface area contributed by atoms with Gasteiger partial charge in [-0.05, 0) is 35.9 Å². The lowest BCUT2D eigenvalue weighted by atomic mass is 9.96. The average molecular weight is 499 g/mol. The lowest BCUT2D eigenvalue weighted by Gasteiger charge is -2.33. The number of fused-ring (bicyclic) bond motifs is 2. The number of carbonyl (C=O) groups is 1. The predicted molar refractivity (Wildman–Crippen MR) is 115 cm³/mol. The lowest BCUT2D eigenvalue weighted by molar-refractivity contribution is -0.173. The molecule has 2 aromatic carbocycles. The highest BCUT2D eigenvalue weighted by molar-refractivity contribution is 6.35. The normalized spacial score (nSPS) is 19.1. The number of hydrogen-bond donors (Lipinski definition) is 2. The average Bonchev–Trinajstić information content (AvgIpc) is 3.37. The van der Waals surface area contributed by atoms with E-state index in [0.717, 1.165) is 4.68 Å². The summed E-state index contributed by atoms with van der Waals surface area (Å²) < 4.78 is 53.1. The molecule has 2 aliphatic rings. The Balaban J connectivity index is 1.45. The van der Waals surface area contributed by atoms with Crippen LogP contribution in [-0.2, 0) is 0 Å². The van der Waals surface area contributed by atoms with E-state index in [1.54, 1.807) is 18.2 Å². The summed E-state index contributed by atoms with van der Waals surface area (Å²) in [5.41, 5.74) is 0.705. The molecule has 5 rings (SSSR count). The Morgan fingerprint density at radius 2 is 1.82 bits per heavy atom. The number of amides is 1. The molecule has 33 heavy (non-hydrogen) atoms. The molecule has 3 aromatic rings. The molecule has 1 aromatic heterocycles. The van der Waals surface area contributed by atoms with Gasteiger partial charge in [0.15, 0.2) is 23.2 Å². The van der Waals surface area contributed by atoms with E-state index >= 15 is 0 Å². The van der Waals surface area contributed by atoms with Crippen LogP contribution in [0.15, 0.2) is 42.5 Å². The number of aromatic nitrogens is 2. The van der Waals surface area contributed by atoms with Crippen LogP contribution in [-0.4, -0.2) is 28.7 Å². The quantitative estimate of drug-likeness (QED) is 0.474. The van der Waals surface area contributed by atoms with Crippen LogP contribution < -0.4 is 20.1 Å². The molecular weight excluding hydrogens is 484 g/mol. The van der Waals surface area contributed by atoms with Crippen molar-refractivity contribution in [2.24, 2.45) is 0 Å². The third-order valence-electron chi connectivity index (χ3n) is 5.34. The zero-order chi connectivity index (χ0) is 23.3. The van der Waals surface area contributed by atoms with Crippen molar-refractivity contribution in [1.82, 2.24) is 9.78 Å². The van der Waals surface area contributed by atoms with Crippen LogP contribution in [0.2, 0.25) is 10.0 Å². The van der Waals surface area contributed by atoms with E-state index in [-0.39, 0.29) is 24.7 Å². The van der Waals surface area contributed by atoms with Gasteiger partial charge < -0.3 is 20.1 Å². The van der Waals surface area contributed by atoms with Crippen LogP contribution in [0.5, 0.6) is 11.5 Å². The summed E-state index contributed by atoms with van der Waals surface area (Å²) in [6.45, 7) is 0.0607. The Bertz CT molecular complexity index is 1230. The van der Waals surface area contributed by atoms with Crippen molar-refractivity contribution in [3.8, 4) is 11.5 Å². The number of hydrogen-bond acceptors (Lipinski definition) is 5. The first-order valence-electron chi connectivity index (χ1n) is 9.77. The second-order valence-corrected chi connectivity index (χ2v) is 8.45. The fourth-order valence-electron chi connectivity index (χ4n) is 3.85. The summed E-state index contributed by atoms with van der Waals surface area (Å²) in [6.07, 6.45) is -4.89. The zero-order valence-corrected chi connectivity index (χ0v) is 18.1. The Morgan fingerprint density at radius 3 is 2.55 bits per heavy atom. The molecule has 0 radical (unpaired) electrons. The number of ether oxygens (including phenoxy) is 2. The first-order chi connectivity index (χ1) is 15.7. The van der Waals surface area contributed by atoms with Gasteiger partial charge in [0.25, 0.3) is 5.91 Å². The van der Waals surface area contributed by atoms with Crippen LogP contribution in [0.25, 0.3) is 0 Å². The molecule has 0 fully saturated rings. The fourth-order valence-corrected chi connectivity index (χ4v) is 4.38. The first-order valence-corrected chi connectivity index (χ1v) is 10.5. The van der Waals surface area contributed by atoms with Crippen LogP contribution in [0, 0.1) is 0 Å². The topological polar surface area (TPSA) is 77.4 Å². The van der Waals surface area contributed by atoms with Crippen LogP contribution in [0.3, 0.4) is 0 Å². The molecule has 0 unspecified atom stereocenters. The van der Waals surface area contributed by atoms with Crippen molar-refractivity contribution >= 4 is 40.6 Å². The molecule has 0 spiro atoms. The SMILES string of the molecule is O=C(Nc1cc(Cl)cc(Cl)c1)c1cc2n(n1)[C@H](C(F)(F)F)C[C@@H](c1ccc3c(c1)OCO3)N2. The van der Waals surface area contributed by atoms with E-state index < -0.39 is 24.2 Å².